The summed E-state index contributed by atoms with van der Waals surface area (Å²) in [5, 5.41) is 7.32. The molecule has 50 heavy (non-hydrogen) atoms. The SMILES string of the molecule is Cl.Clc1c2c(nc3ccc(C4CCCCC4)cc13)CCCC2.c1ccc(CNc2c3c(nc4ccc(C5CCCCC5)cc24)CCCC3)cc1. The van der Waals surface area contributed by atoms with Crippen LogP contribution in [0.1, 0.15) is 141 Å². The minimum Gasteiger partial charge on any atom is -0.380 e. The molecule has 2 fully saturated rings. The lowest BCUT2D eigenvalue weighted by Crippen LogP contribution is -2.12. The highest BCUT2D eigenvalue weighted by Gasteiger charge is 2.22. The van der Waals surface area contributed by atoms with Crippen LogP contribution in [0.15, 0.2) is 66.7 Å². The summed E-state index contributed by atoms with van der Waals surface area (Å²) < 4.78 is 0. The van der Waals surface area contributed by atoms with Crippen molar-refractivity contribution in [2.45, 2.75) is 134 Å². The Labute approximate surface area is 310 Å². The van der Waals surface area contributed by atoms with E-state index in [-0.39, 0.29) is 12.4 Å². The van der Waals surface area contributed by atoms with Crippen molar-refractivity contribution in [3.63, 3.8) is 0 Å². The first-order valence-electron chi connectivity index (χ1n) is 19.6. The third kappa shape index (κ3) is 7.70. The molecule has 4 aliphatic carbocycles. The number of anilines is 1. The summed E-state index contributed by atoms with van der Waals surface area (Å²) in [6.45, 7) is 0.875. The molecule has 0 bridgehead atoms. The second kappa shape index (κ2) is 16.5. The zero-order valence-corrected chi connectivity index (χ0v) is 31.2. The van der Waals surface area contributed by atoms with Gasteiger partial charge in [0.2, 0.25) is 0 Å². The van der Waals surface area contributed by atoms with Crippen LogP contribution in [0.2, 0.25) is 5.02 Å². The van der Waals surface area contributed by atoms with E-state index in [4.69, 9.17) is 21.6 Å². The monoisotopic (exact) mass is 705 g/mol. The van der Waals surface area contributed by atoms with Crippen molar-refractivity contribution in [1.29, 1.82) is 0 Å². The normalized spacial score (nSPS) is 18.0. The molecule has 262 valence electrons. The molecule has 2 heterocycles. The maximum Gasteiger partial charge on any atom is 0.0726 e. The molecule has 0 aliphatic heterocycles. The Balaban J connectivity index is 0.000000160. The Hall–Kier alpha value is -3.14. The first-order valence-corrected chi connectivity index (χ1v) is 19.9. The molecule has 0 amide bonds. The van der Waals surface area contributed by atoms with E-state index in [1.165, 1.54) is 146 Å². The first kappa shape index (κ1) is 35.3. The fourth-order valence-electron chi connectivity index (χ4n) is 9.19. The minimum absolute atomic E-state index is 0. The standard InChI is InChI=1S/C26H30N2.C19H22ClN.ClH/c1-3-9-19(10-4-1)18-27-26-22-13-7-8-14-24(22)28-25-16-15-21(17-23(25)26)20-11-5-2-6-12-20;20-19-15-8-4-5-9-17(15)21-18-11-10-14(12-16(18)19)13-6-2-1-3-7-13;/h1,3-4,9-10,15-17,20H,2,5-8,11-14,18H2,(H,27,28);10-13H,1-9H2;1H. The molecule has 0 unspecified atom stereocenters. The molecular weight excluding hydrogens is 653 g/mol. The average Bonchev–Trinajstić information content (AvgIpc) is 3.18. The molecule has 1 N–H and O–H groups in total. The van der Waals surface area contributed by atoms with Crippen molar-refractivity contribution in [2.24, 2.45) is 0 Å². The molecule has 5 aromatic rings. The smallest absolute Gasteiger partial charge is 0.0726 e. The fraction of sp³-hybridized carbons (Fsp3) is 0.467. The van der Waals surface area contributed by atoms with Gasteiger partial charge in [-0.15, -0.1) is 12.4 Å². The van der Waals surface area contributed by atoms with Gasteiger partial charge in [0.05, 0.1) is 16.1 Å². The number of pyridine rings is 2. The van der Waals surface area contributed by atoms with Gasteiger partial charge in [-0.25, -0.2) is 0 Å². The fourth-order valence-corrected chi connectivity index (χ4v) is 9.55. The van der Waals surface area contributed by atoms with Crippen LogP contribution in [0, 0.1) is 0 Å². The molecule has 2 saturated carbocycles. The number of aromatic nitrogens is 2. The van der Waals surface area contributed by atoms with Crippen molar-refractivity contribution in [3.8, 4) is 0 Å². The van der Waals surface area contributed by atoms with Gasteiger partial charge >= 0.3 is 0 Å². The second-order valence-electron chi connectivity index (χ2n) is 15.2. The summed E-state index contributed by atoms with van der Waals surface area (Å²) >= 11 is 6.73. The number of nitrogens with one attached hydrogen (secondary N) is 1. The Morgan fingerprint density at radius 2 is 1.08 bits per heavy atom. The summed E-state index contributed by atoms with van der Waals surface area (Å²) in [5.74, 6) is 1.46. The Morgan fingerprint density at radius 1 is 0.560 bits per heavy atom. The number of aryl methyl sites for hydroxylation is 2. The second-order valence-corrected chi connectivity index (χ2v) is 15.6. The number of benzene rings is 3. The average molecular weight is 707 g/mol. The maximum atomic E-state index is 6.73. The van der Waals surface area contributed by atoms with Crippen molar-refractivity contribution < 1.29 is 0 Å². The van der Waals surface area contributed by atoms with Gasteiger partial charge in [0.25, 0.3) is 0 Å². The number of nitrogens with zero attached hydrogens (tertiary/aromatic N) is 2. The molecule has 9 rings (SSSR count). The van der Waals surface area contributed by atoms with Crippen LogP contribution >= 0.6 is 24.0 Å². The van der Waals surface area contributed by atoms with Crippen LogP contribution in [0.3, 0.4) is 0 Å². The van der Waals surface area contributed by atoms with Crippen LogP contribution in [0.5, 0.6) is 0 Å². The topological polar surface area (TPSA) is 37.8 Å². The van der Waals surface area contributed by atoms with E-state index in [0.717, 1.165) is 60.1 Å². The van der Waals surface area contributed by atoms with Gasteiger partial charge in [0, 0.05) is 34.4 Å². The zero-order chi connectivity index (χ0) is 33.0. The predicted molar refractivity (Wildman–Crippen MR) is 214 cm³/mol. The van der Waals surface area contributed by atoms with Gasteiger partial charge in [-0.2, -0.15) is 0 Å². The molecule has 2 aromatic heterocycles. The number of hydrogen-bond acceptors (Lipinski definition) is 3. The third-order valence-electron chi connectivity index (χ3n) is 12.0. The Kier molecular flexibility index (Phi) is 11.6. The molecule has 3 nitrogen and oxygen atoms in total. The highest BCUT2D eigenvalue weighted by atomic mass is 35.5. The van der Waals surface area contributed by atoms with Crippen molar-refractivity contribution in [1.82, 2.24) is 9.97 Å². The van der Waals surface area contributed by atoms with Gasteiger partial charge in [-0.3, -0.25) is 9.97 Å². The van der Waals surface area contributed by atoms with Crippen molar-refractivity contribution in [2.75, 3.05) is 5.32 Å². The Bertz CT molecular complexity index is 1910. The summed E-state index contributed by atoms with van der Waals surface area (Å²) in [7, 11) is 0. The highest BCUT2D eigenvalue weighted by Crippen LogP contribution is 2.40. The van der Waals surface area contributed by atoms with Crippen molar-refractivity contribution in [3.05, 3.63) is 111 Å². The van der Waals surface area contributed by atoms with Gasteiger partial charge in [-0.1, -0.05) is 92.6 Å². The van der Waals surface area contributed by atoms with E-state index < -0.39 is 0 Å². The Morgan fingerprint density at radius 3 is 1.70 bits per heavy atom. The van der Waals surface area contributed by atoms with Crippen molar-refractivity contribution >= 4 is 51.5 Å². The molecule has 3 aromatic carbocycles. The maximum absolute atomic E-state index is 6.73. The third-order valence-corrected chi connectivity index (χ3v) is 12.4. The van der Waals surface area contributed by atoms with Gasteiger partial charge in [0.15, 0.2) is 0 Å². The predicted octanol–water partition coefficient (Wildman–Crippen LogP) is 13.0. The highest BCUT2D eigenvalue weighted by molar-refractivity contribution is 6.36. The summed E-state index contributed by atoms with van der Waals surface area (Å²) in [4.78, 5) is 9.96. The van der Waals surface area contributed by atoms with Gasteiger partial charge in [-0.05, 0) is 141 Å². The minimum atomic E-state index is 0. The molecule has 4 aliphatic rings. The van der Waals surface area contributed by atoms with E-state index in [1.54, 1.807) is 0 Å². The molecular formula is C45H53Cl2N3. The van der Waals surface area contributed by atoms with E-state index in [0.29, 0.717) is 0 Å². The van der Waals surface area contributed by atoms with Crippen LogP contribution in [0.25, 0.3) is 21.8 Å². The number of halogens is 2. The summed E-state index contributed by atoms with van der Waals surface area (Å²) in [5.41, 5.74) is 13.3. The first-order chi connectivity index (χ1) is 24.2. The zero-order valence-electron chi connectivity index (χ0n) is 29.6. The number of rotatable bonds is 5. The van der Waals surface area contributed by atoms with E-state index in [2.05, 4.69) is 72.0 Å². The molecule has 5 heteroatoms. The lowest BCUT2D eigenvalue weighted by atomic mass is 9.83. The van der Waals surface area contributed by atoms with E-state index in [1.807, 2.05) is 0 Å². The van der Waals surface area contributed by atoms with Crippen LogP contribution in [0.4, 0.5) is 5.69 Å². The summed E-state index contributed by atoms with van der Waals surface area (Å²) in [6.07, 6.45) is 23.2. The van der Waals surface area contributed by atoms with Crippen LogP contribution in [-0.2, 0) is 32.2 Å². The summed E-state index contributed by atoms with van der Waals surface area (Å²) in [6, 6.07) is 24.6. The van der Waals surface area contributed by atoms with Crippen LogP contribution in [-0.4, -0.2) is 9.97 Å². The van der Waals surface area contributed by atoms with E-state index in [9.17, 15) is 0 Å². The lowest BCUT2D eigenvalue weighted by molar-refractivity contribution is 0.444. The largest absolute Gasteiger partial charge is 0.380 e. The number of hydrogen-bond donors (Lipinski definition) is 1. The van der Waals surface area contributed by atoms with Gasteiger partial charge < -0.3 is 5.32 Å². The molecule has 0 radical (unpaired) electrons. The van der Waals surface area contributed by atoms with E-state index >= 15 is 0 Å². The van der Waals surface area contributed by atoms with Gasteiger partial charge in [0.1, 0.15) is 0 Å². The quantitative estimate of drug-likeness (QED) is 0.198. The number of fused-ring (bicyclic) bond motifs is 4. The molecule has 0 saturated heterocycles. The van der Waals surface area contributed by atoms with Crippen LogP contribution < -0.4 is 5.32 Å². The lowest BCUT2D eigenvalue weighted by Gasteiger charge is -2.25. The molecule has 0 spiro atoms. The molecule has 0 atom stereocenters.